The third kappa shape index (κ3) is 5.17. The van der Waals surface area contributed by atoms with E-state index in [2.05, 4.69) is 36.0 Å². The highest BCUT2D eigenvalue weighted by atomic mass is 35.5. The highest BCUT2D eigenvalue weighted by Crippen LogP contribution is 2.32. The third-order valence-electron chi connectivity index (χ3n) is 3.78. The highest BCUT2D eigenvalue weighted by Gasteiger charge is 2.31. The Bertz CT molecular complexity index is 215. The molecule has 17 heavy (non-hydrogen) atoms. The molecule has 102 valence electrons. The molecule has 0 aromatic carbocycles. The molecule has 0 spiro atoms. The highest BCUT2D eigenvalue weighted by molar-refractivity contribution is 5.85. The maximum atomic E-state index is 2.67. The predicted molar refractivity (Wildman–Crippen MR) is 79.5 cm³/mol. The molecule has 0 bridgehead atoms. The average molecular weight is 281 g/mol. The topological polar surface area (TPSA) is 6.48 Å². The van der Waals surface area contributed by atoms with E-state index in [-0.39, 0.29) is 24.8 Å². The second kappa shape index (κ2) is 8.36. The first-order chi connectivity index (χ1) is 7.25. The molecule has 0 radical (unpaired) electrons. The first-order valence-electron chi connectivity index (χ1n) is 6.28. The largest absolute Gasteiger partial charge is 0.309 e. The molecule has 2 nitrogen and oxygen atoms in total. The second-order valence-electron chi connectivity index (χ2n) is 5.38. The monoisotopic (exact) mass is 280 g/mol. The number of fused-ring (bicyclic) bond motifs is 1. The van der Waals surface area contributed by atoms with Gasteiger partial charge in [0.05, 0.1) is 0 Å². The van der Waals surface area contributed by atoms with Crippen molar-refractivity contribution >= 4 is 24.8 Å². The van der Waals surface area contributed by atoms with Crippen molar-refractivity contribution in [1.29, 1.82) is 0 Å². The SMILES string of the molecule is CN(C)CCCN1CC2CC=CCC2C1.Cl.Cl. The van der Waals surface area contributed by atoms with E-state index in [1.54, 1.807) is 0 Å². The van der Waals surface area contributed by atoms with Gasteiger partial charge in [-0.3, -0.25) is 0 Å². The first-order valence-corrected chi connectivity index (χ1v) is 6.28. The fourth-order valence-corrected chi connectivity index (χ4v) is 2.91. The molecule has 0 aromatic rings. The van der Waals surface area contributed by atoms with E-state index >= 15 is 0 Å². The minimum Gasteiger partial charge on any atom is -0.309 e. The van der Waals surface area contributed by atoms with Crippen molar-refractivity contribution in [3.63, 3.8) is 0 Å². The van der Waals surface area contributed by atoms with Gasteiger partial charge in [-0.05, 0) is 58.3 Å². The third-order valence-corrected chi connectivity index (χ3v) is 3.78. The summed E-state index contributed by atoms with van der Waals surface area (Å²) in [6.45, 7) is 5.22. The van der Waals surface area contributed by atoms with E-state index in [0.717, 1.165) is 11.8 Å². The molecule has 1 aliphatic carbocycles. The van der Waals surface area contributed by atoms with E-state index in [1.807, 2.05) is 0 Å². The van der Waals surface area contributed by atoms with E-state index in [4.69, 9.17) is 0 Å². The lowest BCUT2D eigenvalue weighted by molar-refractivity contribution is 0.291. The lowest BCUT2D eigenvalue weighted by Gasteiger charge is -2.18. The Hall–Kier alpha value is 0.240. The van der Waals surface area contributed by atoms with Crippen molar-refractivity contribution < 1.29 is 0 Å². The molecule has 1 saturated heterocycles. The van der Waals surface area contributed by atoms with Crippen molar-refractivity contribution in [3.8, 4) is 0 Å². The molecule has 1 heterocycles. The molecular weight excluding hydrogens is 255 g/mol. The Balaban J connectivity index is 0.00000128. The standard InChI is InChI=1S/C13H24N2.2ClH/c1-14(2)8-5-9-15-10-12-6-3-4-7-13(12)11-15;;/h3-4,12-13H,5-11H2,1-2H3;2*1H. The van der Waals surface area contributed by atoms with Crippen LogP contribution in [0.2, 0.25) is 0 Å². The van der Waals surface area contributed by atoms with Crippen LogP contribution in [0.3, 0.4) is 0 Å². The molecule has 0 amide bonds. The summed E-state index contributed by atoms with van der Waals surface area (Å²) >= 11 is 0. The molecular formula is C13H26Cl2N2. The van der Waals surface area contributed by atoms with Crippen LogP contribution in [-0.4, -0.2) is 50.1 Å². The van der Waals surface area contributed by atoms with E-state index < -0.39 is 0 Å². The van der Waals surface area contributed by atoms with Gasteiger partial charge in [-0.2, -0.15) is 0 Å². The molecule has 0 saturated carbocycles. The van der Waals surface area contributed by atoms with Gasteiger partial charge in [-0.25, -0.2) is 0 Å². The van der Waals surface area contributed by atoms with Gasteiger partial charge in [-0.15, -0.1) is 24.8 Å². The van der Waals surface area contributed by atoms with E-state index in [1.165, 1.54) is 45.4 Å². The van der Waals surface area contributed by atoms with Gasteiger partial charge >= 0.3 is 0 Å². The smallest absolute Gasteiger partial charge is 0.00160 e. The zero-order chi connectivity index (χ0) is 10.7. The summed E-state index contributed by atoms with van der Waals surface area (Å²) in [5.74, 6) is 1.93. The fourth-order valence-electron chi connectivity index (χ4n) is 2.91. The Labute approximate surface area is 118 Å². The normalized spacial score (nSPS) is 27.5. The number of likely N-dealkylation sites (tertiary alicyclic amines) is 1. The van der Waals surface area contributed by atoms with Gasteiger partial charge in [-0.1, -0.05) is 12.2 Å². The Morgan fingerprint density at radius 1 is 1.06 bits per heavy atom. The molecule has 0 aromatic heterocycles. The Morgan fingerprint density at radius 3 is 2.06 bits per heavy atom. The summed E-state index contributed by atoms with van der Waals surface area (Å²) < 4.78 is 0. The van der Waals surface area contributed by atoms with Crippen LogP contribution >= 0.6 is 24.8 Å². The Morgan fingerprint density at radius 2 is 1.59 bits per heavy atom. The minimum atomic E-state index is 0. The van der Waals surface area contributed by atoms with Crippen LogP contribution in [0.4, 0.5) is 0 Å². The van der Waals surface area contributed by atoms with E-state index in [0.29, 0.717) is 0 Å². The van der Waals surface area contributed by atoms with Crippen molar-refractivity contribution in [1.82, 2.24) is 9.80 Å². The molecule has 2 unspecified atom stereocenters. The first kappa shape index (κ1) is 17.2. The van der Waals surface area contributed by atoms with Gasteiger partial charge in [0.25, 0.3) is 0 Å². The lowest BCUT2D eigenvalue weighted by Crippen LogP contribution is -2.25. The zero-order valence-corrected chi connectivity index (χ0v) is 12.6. The van der Waals surface area contributed by atoms with Crippen LogP contribution in [0, 0.1) is 11.8 Å². The molecule has 4 heteroatoms. The maximum absolute atomic E-state index is 2.67. The summed E-state index contributed by atoms with van der Waals surface area (Å²) in [4.78, 5) is 4.95. The fraction of sp³-hybridized carbons (Fsp3) is 0.846. The molecule has 1 aliphatic heterocycles. The number of rotatable bonds is 4. The maximum Gasteiger partial charge on any atom is 0.00160 e. The van der Waals surface area contributed by atoms with Crippen LogP contribution < -0.4 is 0 Å². The van der Waals surface area contributed by atoms with Crippen LogP contribution in [0.25, 0.3) is 0 Å². The summed E-state index contributed by atoms with van der Waals surface area (Å²) in [5.41, 5.74) is 0. The molecule has 1 fully saturated rings. The molecule has 2 rings (SSSR count). The van der Waals surface area contributed by atoms with Gasteiger partial charge < -0.3 is 9.80 Å². The predicted octanol–water partition coefficient (Wildman–Crippen LogP) is 2.68. The van der Waals surface area contributed by atoms with Gasteiger partial charge in [0.2, 0.25) is 0 Å². The number of allylic oxidation sites excluding steroid dienone is 2. The number of hydrogen-bond donors (Lipinski definition) is 0. The van der Waals surface area contributed by atoms with Crippen molar-refractivity contribution in [3.05, 3.63) is 12.2 Å². The second-order valence-corrected chi connectivity index (χ2v) is 5.38. The Kier molecular flexibility index (Phi) is 8.48. The quantitative estimate of drug-likeness (QED) is 0.731. The summed E-state index contributed by atoms with van der Waals surface area (Å²) in [6, 6.07) is 0. The zero-order valence-electron chi connectivity index (χ0n) is 11.0. The number of nitrogens with zero attached hydrogens (tertiary/aromatic N) is 2. The van der Waals surface area contributed by atoms with Crippen LogP contribution in [0.1, 0.15) is 19.3 Å². The lowest BCUT2D eigenvalue weighted by atomic mass is 9.86. The average Bonchev–Trinajstić information content (AvgIpc) is 2.59. The number of halogens is 2. The number of hydrogen-bond acceptors (Lipinski definition) is 2. The van der Waals surface area contributed by atoms with Gasteiger partial charge in [0.1, 0.15) is 0 Å². The van der Waals surface area contributed by atoms with Gasteiger partial charge in [0, 0.05) is 13.1 Å². The van der Waals surface area contributed by atoms with E-state index in [9.17, 15) is 0 Å². The molecule has 0 N–H and O–H groups in total. The molecule has 2 aliphatic rings. The van der Waals surface area contributed by atoms with Crippen molar-refractivity contribution in [2.24, 2.45) is 11.8 Å². The van der Waals surface area contributed by atoms with Crippen molar-refractivity contribution in [2.45, 2.75) is 19.3 Å². The summed E-state index contributed by atoms with van der Waals surface area (Å²) in [6.07, 6.45) is 8.73. The van der Waals surface area contributed by atoms with Crippen LogP contribution in [0.5, 0.6) is 0 Å². The minimum absolute atomic E-state index is 0. The van der Waals surface area contributed by atoms with Crippen molar-refractivity contribution in [2.75, 3.05) is 40.3 Å². The summed E-state index contributed by atoms with van der Waals surface area (Å²) in [7, 11) is 4.32. The van der Waals surface area contributed by atoms with Crippen LogP contribution in [0.15, 0.2) is 12.2 Å². The molecule has 2 atom stereocenters. The van der Waals surface area contributed by atoms with Crippen LogP contribution in [-0.2, 0) is 0 Å². The summed E-state index contributed by atoms with van der Waals surface area (Å²) in [5, 5.41) is 0. The van der Waals surface area contributed by atoms with Gasteiger partial charge in [0.15, 0.2) is 0 Å².